The Morgan fingerprint density at radius 2 is 1.62 bits per heavy atom. The van der Waals surface area contributed by atoms with E-state index < -0.39 is 17.7 Å². The normalized spacial score (nSPS) is 16.3. The number of rotatable bonds is 10. The Morgan fingerprint density at radius 1 is 0.923 bits per heavy atom. The molecule has 0 radical (unpaired) electrons. The molecule has 9 heteroatoms. The number of carbonyl (C=O) groups excluding carboxylic acids is 3. The summed E-state index contributed by atoms with van der Waals surface area (Å²) >= 11 is 0. The van der Waals surface area contributed by atoms with E-state index in [1.807, 2.05) is 6.92 Å². The van der Waals surface area contributed by atoms with Crippen LogP contribution in [-0.4, -0.2) is 47.6 Å². The lowest BCUT2D eigenvalue weighted by Crippen LogP contribution is -2.29. The van der Waals surface area contributed by atoms with Crippen molar-refractivity contribution in [2.75, 3.05) is 24.7 Å². The third-order valence-corrected chi connectivity index (χ3v) is 6.15. The number of hydrogen-bond donors (Lipinski definition) is 1. The number of nitrogens with zero attached hydrogens (tertiary/aromatic N) is 2. The van der Waals surface area contributed by atoms with Gasteiger partial charge < -0.3 is 19.3 Å². The first-order valence-corrected chi connectivity index (χ1v) is 12.7. The Hall–Kier alpha value is -4.66. The number of anilines is 1. The van der Waals surface area contributed by atoms with Gasteiger partial charge in [-0.1, -0.05) is 12.1 Å². The molecular weight excluding hydrogens is 500 g/mol. The SMILES string of the molecule is CCOC(=O)Cc1ccc(N2C(=O)C(=O)/C(=C(\O)c3ccc(OCC)cc3OCC)C2c2ccncc2)cc1. The Bertz CT molecular complexity index is 1380. The number of aromatic nitrogens is 1. The molecule has 0 bridgehead atoms. The standard InChI is InChI=1S/C30H30N2O7/c1-4-37-22-11-12-23(24(18-22)38-5-2)28(34)26-27(20-13-15-31-16-14-20)32(30(36)29(26)35)21-9-7-19(8-10-21)17-25(33)39-6-3/h7-16,18,27,34H,4-6,17H2,1-3H3/b28-26-. The maximum absolute atomic E-state index is 13.5. The first-order valence-electron chi connectivity index (χ1n) is 12.7. The lowest BCUT2D eigenvalue weighted by molar-refractivity contribution is -0.142. The number of benzene rings is 2. The van der Waals surface area contributed by atoms with Gasteiger partial charge in [-0.3, -0.25) is 24.3 Å². The van der Waals surface area contributed by atoms with E-state index in [2.05, 4.69) is 4.98 Å². The van der Waals surface area contributed by atoms with Crippen molar-refractivity contribution in [3.05, 3.63) is 89.3 Å². The average Bonchev–Trinajstić information content (AvgIpc) is 3.20. The summed E-state index contributed by atoms with van der Waals surface area (Å²) in [4.78, 5) is 44.2. The Labute approximate surface area is 226 Å². The highest BCUT2D eigenvalue weighted by Crippen LogP contribution is 2.43. The fourth-order valence-electron chi connectivity index (χ4n) is 4.49. The van der Waals surface area contributed by atoms with Gasteiger partial charge >= 0.3 is 5.97 Å². The van der Waals surface area contributed by atoms with Gasteiger partial charge in [0.15, 0.2) is 0 Å². The van der Waals surface area contributed by atoms with Crippen molar-refractivity contribution >= 4 is 29.1 Å². The summed E-state index contributed by atoms with van der Waals surface area (Å²) in [6.07, 6.45) is 3.19. The maximum Gasteiger partial charge on any atom is 0.310 e. The van der Waals surface area contributed by atoms with E-state index in [0.717, 1.165) is 0 Å². The van der Waals surface area contributed by atoms with Gasteiger partial charge in [0.2, 0.25) is 0 Å². The molecule has 9 nitrogen and oxygen atoms in total. The summed E-state index contributed by atoms with van der Waals surface area (Å²) in [5.74, 6) is -1.47. The minimum Gasteiger partial charge on any atom is -0.507 e. The molecule has 4 rings (SSSR count). The van der Waals surface area contributed by atoms with Crippen molar-refractivity contribution in [2.24, 2.45) is 0 Å². The number of esters is 1. The van der Waals surface area contributed by atoms with E-state index in [-0.39, 0.29) is 35.9 Å². The van der Waals surface area contributed by atoms with Crippen LogP contribution in [0.1, 0.15) is 43.5 Å². The molecule has 39 heavy (non-hydrogen) atoms. The van der Waals surface area contributed by atoms with Crippen LogP contribution in [-0.2, 0) is 25.5 Å². The van der Waals surface area contributed by atoms with Gasteiger partial charge in [0.05, 0.1) is 43.4 Å². The molecule has 1 aromatic heterocycles. The minimum absolute atomic E-state index is 0.0769. The van der Waals surface area contributed by atoms with Gasteiger partial charge in [0, 0.05) is 24.1 Å². The van der Waals surface area contributed by atoms with E-state index >= 15 is 0 Å². The molecule has 1 N–H and O–H groups in total. The van der Waals surface area contributed by atoms with Gasteiger partial charge in [-0.2, -0.15) is 0 Å². The van der Waals surface area contributed by atoms with Gasteiger partial charge in [-0.15, -0.1) is 0 Å². The molecule has 1 saturated heterocycles. The Kier molecular flexibility index (Phi) is 8.60. The molecule has 1 amide bonds. The van der Waals surface area contributed by atoms with Crippen molar-refractivity contribution in [2.45, 2.75) is 33.2 Å². The van der Waals surface area contributed by atoms with Crippen LogP contribution in [0, 0.1) is 0 Å². The molecule has 3 aromatic rings. The summed E-state index contributed by atoms with van der Waals surface area (Å²) in [7, 11) is 0. The van der Waals surface area contributed by atoms with Gasteiger partial charge in [-0.05, 0) is 68.3 Å². The molecule has 0 aliphatic carbocycles. The first kappa shape index (κ1) is 27.4. The van der Waals surface area contributed by atoms with Crippen LogP contribution in [0.15, 0.2) is 72.6 Å². The molecule has 1 unspecified atom stereocenters. The topological polar surface area (TPSA) is 115 Å². The highest BCUT2D eigenvalue weighted by Gasteiger charge is 2.47. The Morgan fingerprint density at radius 3 is 2.26 bits per heavy atom. The molecule has 2 aromatic carbocycles. The van der Waals surface area contributed by atoms with Crippen molar-refractivity contribution in [1.82, 2.24) is 4.98 Å². The van der Waals surface area contributed by atoms with Crippen molar-refractivity contribution in [1.29, 1.82) is 0 Å². The first-order chi connectivity index (χ1) is 18.9. The fraction of sp³-hybridized carbons (Fsp3) is 0.267. The summed E-state index contributed by atoms with van der Waals surface area (Å²) in [6, 6.07) is 14.1. The Balaban J connectivity index is 1.82. The van der Waals surface area contributed by atoms with Crippen LogP contribution in [0.4, 0.5) is 5.69 Å². The summed E-state index contributed by atoms with van der Waals surface area (Å²) in [5.41, 5.74) is 1.91. The van der Waals surface area contributed by atoms with Crippen LogP contribution in [0.3, 0.4) is 0 Å². The highest BCUT2D eigenvalue weighted by atomic mass is 16.5. The number of ether oxygens (including phenoxy) is 3. The van der Waals surface area contributed by atoms with Crippen LogP contribution < -0.4 is 14.4 Å². The summed E-state index contributed by atoms with van der Waals surface area (Å²) in [6.45, 7) is 6.44. The largest absolute Gasteiger partial charge is 0.507 e. The number of carbonyl (C=O) groups is 3. The molecule has 0 spiro atoms. The molecule has 0 saturated carbocycles. The van der Waals surface area contributed by atoms with Crippen molar-refractivity contribution in [3.63, 3.8) is 0 Å². The number of ketones is 1. The molecule has 1 aliphatic heterocycles. The quantitative estimate of drug-likeness (QED) is 0.175. The molecule has 202 valence electrons. The zero-order chi connectivity index (χ0) is 27.9. The van der Waals surface area contributed by atoms with E-state index in [1.165, 1.54) is 4.90 Å². The number of aliphatic hydroxyl groups excluding tert-OH is 1. The summed E-state index contributed by atoms with van der Waals surface area (Å²) in [5, 5.41) is 11.5. The lowest BCUT2D eigenvalue weighted by atomic mass is 9.95. The van der Waals surface area contributed by atoms with E-state index in [9.17, 15) is 19.5 Å². The molecule has 1 fully saturated rings. The zero-order valence-electron chi connectivity index (χ0n) is 22.0. The van der Waals surface area contributed by atoms with Crippen LogP contribution in [0.25, 0.3) is 5.76 Å². The van der Waals surface area contributed by atoms with Crippen LogP contribution in [0.2, 0.25) is 0 Å². The predicted molar refractivity (Wildman–Crippen MR) is 145 cm³/mol. The van der Waals surface area contributed by atoms with Crippen molar-refractivity contribution in [3.8, 4) is 11.5 Å². The summed E-state index contributed by atoms with van der Waals surface area (Å²) < 4.78 is 16.3. The maximum atomic E-state index is 13.5. The van der Waals surface area contributed by atoms with Crippen LogP contribution in [0.5, 0.6) is 11.5 Å². The molecule has 1 aliphatic rings. The predicted octanol–water partition coefficient (Wildman–Crippen LogP) is 4.61. The molecular formula is C30H30N2O7. The number of aliphatic hydroxyl groups is 1. The molecule has 1 atom stereocenters. The van der Waals surface area contributed by atoms with E-state index in [0.29, 0.717) is 41.5 Å². The average molecular weight is 531 g/mol. The van der Waals surface area contributed by atoms with E-state index in [4.69, 9.17) is 14.2 Å². The second-order valence-electron chi connectivity index (χ2n) is 8.62. The third-order valence-electron chi connectivity index (χ3n) is 6.15. The highest BCUT2D eigenvalue weighted by molar-refractivity contribution is 6.51. The van der Waals surface area contributed by atoms with Crippen LogP contribution >= 0.6 is 0 Å². The number of pyridine rings is 1. The number of amides is 1. The third kappa shape index (κ3) is 5.77. The second kappa shape index (κ2) is 12.3. The second-order valence-corrected chi connectivity index (χ2v) is 8.62. The van der Waals surface area contributed by atoms with Gasteiger partial charge in [-0.25, -0.2) is 0 Å². The smallest absolute Gasteiger partial charge is 0.310 e. The number of hydrogen-bond acceptors (Lipinski definition) is 8. The van der Waals surface area contributed by atoms with Crippen molar-refractivity contribution < 1.29 is 33.7 Å². The monoisotopic (exact) mass is 530 g/mol. The minimum atomic E-state index is -0.926. The molecule has 2 heterocycles. The zero-order valence-corrected chi connectivity index (χ0v) is 22.0. The van der Waals surface area contributed by atoms with Gasteiger partial charge in [0.1, 0.15) is 17.3 Å². The lowest BCUT2D eigenvalue weighted by Gasteiger charge is -2.25. The fourth-order valence-corrected chi connectivity index (χ4v) is 4.49. The van der Waals surface area contributed by atoms with E-state index in [1.54, 1.807) is 80.8 Å². The van der Waals surface area contributed by atoms with Gasteiger partial charge in [0.25, 0.3) is 11.7 Å². The number of Topliss-reactive ketones (excluding diaryl/α,β-unsaturated/α-hetero) is 1.